The first-order chi connectivity index (χ1) is 7.92. The number of hydrogen-bond acceptors (Lipinski definition) is 3. The summed E-state index contributed by atoms with van der Waals surface area (Å²) in [4.78, 5) is 15.6. The quantitative estimate of drug-likeness (QED) is 0.695. The van der Waals surface area contributed by atoms with Crippen molar-refractivity contribution < 1.29 is 9.90 Å². The lowest BCUT2D eigenvalue weighted by atomic mass is 10.1. The lowest BCUT2D eigenvalue weighted by molar-refractivity contribution is 0.0225. The third-order valence-electron chi connectivity index (χ3n) is 2.67. The molecule has 0 aromatic carbocycles. The van der Waals surface area contributed by atoms with Crippen LogP contribution in [0, 0.1) is 0 Å². The third kappa shape index (κ3) is 5.19. The summed E-state index contributed by atoms with van der Waals surface area (Å²) in [6, 6.07) is -0.0344. The molecule has 98 valence electrons. The Kier molecular flexibility index (Phi) is 4.96. The minimum atomic E-state index is -0.673. The van der Waals surface area contributed by atoms with Gasteiger partial charge in [-0.2, -0.15) is 0 Å². The van der Waals surface area contributed by atoms with E-state index in [1.165, 1.54) is 0 Å². The summed E-state index contributed by atoms with van der Waals surface area (Å²) >= 11 is 0. The zero-order valence-electron chi connectivity index (χ0n) is 10.8. The fraction of sp³-hybridized carbons (Fsp3) is 0.750. The van der Waals surface area contributed by atoms with Crippen LogP contribution in [-0.2, 0) is 0 Å². The highest BCUT2D eigenvalue weighted by Crippen LogP contribution is 2.08. The molecule has 1 heterocycles. The molecule has 0 aromatic rings. The van der Waals surface area contributed by atoms with Crippen molar-refractivity contribution in [2.45, 2.75) is 19.4 Å². The largest absolute Gasteiger partial charge is 0.389 e. The zero-order valence-corrected chi connectivity index (χ0v) is 10.8. The van der Waals surface area contributed by atoms with Gasteiger partial charge in [-0.05, 0) is 13.8 Å². The van der Waals surface area contributed by atoms with Gasteiger partial charge in [0, 0.05) is 39.3 Å². The van der Waals surface area contributed by atoms with Crippen LogP contribution in [0.1, 0.15) is 13.8 Å². The summed E-state index contributed by atoms with van der Waals surface area (Å²) in [5, 5.41) is 12.5. The summed E-state index contributed by atoms with van der Waals surface area (Å²) < 4.78 is 0. The lowest BCUT2D eigenvalue weighted by Gasteiger charge is -2.37. The van der Waals surface area contributed by atoms with Crippen LogP contribution in [0.2, 0.25) is 0 Å². The first kappa shape index (κ1) is 14.0. The van der Waals surface area contributed by atoms with Gasteiger partial charge in [0.25, 0.3) is 0 Å². The van der Waals surface area contributed by atoms with Crippen molar-refractivity contribution in [2.24, 2.45) is 0 Å². The Morgan fingerprint density at radius 2 is 2.00 bits per heavy atom. The normalized spacial score (nSPS) is 17.9. The van der Waals surface area contributed by atoms with Crippen LogP contribution in [0.3, 0.4) is 0 Å². The molecule has 17 heavy (non-hydrogen) atoms. The molecule has 1 saturated heterocycles. The van der Waals surface area contributed by atoms with E-state index in [-0.39, 0.29) is 6.03 Å². The van der Waals surface area contributed by atoms with E-state index in [4.69, 9.17) is 0 Å². The zero-order chi connectivity index (χ0) is 12.9. The molecule has 0 aliphatic carbocycles. The van der Waals surface area contributed by atoms with Crippen LogP contribution >= 0.6 is 0 Å². The molecule has 2 amide bonds. The second-order valence-corrected chi connectivity index (χ2v) is 5.05. The topological polar surface area (TPSA) is 55.8 Å². The van der Waals surface area contributed by atoms with E-state index in [1.807, 2.05) is 0 Å². The SMILES string of the molecule is C=CCNC(=O)N1CCN(CC(C)(C)O)CC1. The molecule has 0 spiro atoms. The molecule has 0 unspecified atom stereocenters. The van der Waals surface area contributed by atoms with Gasteiger partial charge in [-0.15, -0.1) is 6.58 Å². The van der Waals surface area contributed by atoms with Gasteiger partial charge in [-0.3, -0.25) is 4.90 Å². The van der Waals surface area contributed by atoms with E-state index >= 15 is 0 Å². The van der Waals surface area contributed by atoms with Crippen molar-refractivity contribution in [3.05, 3.63) is 12.7 Å². The molecule has 0 radical (unpaired) electrons. The number of nitrogens with zero attached hydrogens (tertiary/aromatic N) is 2. The van der Waals surface area contributed by atoms with Crippen LogP contribution in [-0.4, -0.2) is 65.8 Å². The Morgan fingerprint density at radius 1 is 1.41 bits per heavy atom. The number of amides is 2. The minimum Gasteiger partial charge on any atom is -0.389 e. The van der Waals surface area contributed by atoms with Gasteiger partial charge in [0.2, 0.25) is 0 Å². The van der Waals surface area contributed by atoms with E-state index in [0.717, 1.165) is 13.1 Å². The second-order valence-electron chi connectivity index (χ2n) is 5.05. The highest BCUT2D eigenvalue weighted by Gasteiger charge is 2.24. The van der Waals surface area contributed by atoms with Crippen LogP contribution < -0.4 is 5.32 Å². The average molecular weight is 241 g/mol. The van der Waals surface area contributed by atoms with Crippen molar-refractivity contribution >= 4 is 6.03 Å². The Hall–Kier alpha value is -1.07. The van der Waals surface area contributed by atoms with Crippen LogP contribution in [0.15, 0.2) is 12.7 Å². The Balaban J connectivity index is 2.30. The highest BCUT2D eigenvalue weighted by atomic mass is 16.3. The molecular formula is C12H23N3O2. The number of β-amino-alcohol motifs (C(OH)–C–C–N with tert-alkyl or cyclic N) is 1. The van der Waals surface area contributed by atoms with E-state index in [1.54, 1.807) is 24.8 Å². The molecule has 1 aliphatic heterocycles. The molecule has 5 heteroatoms. The maximum atomic E-state index is 11.6. The molecule has 1 aliphatic rings. The standard InChI is InChI=1S/C12H23N3O2/c1-4-5-13-11(16)15-8-6-14(7-9-15)10-12(2,3)17/h4,17H,1,5-10H2,2-3H3,(H,13,16). The number of urea groups is 1. The molecule has 0 aromatic heterocycles. The van der Waals surface area contributed by atoms with E-state index in [9.17, 15) is 9.90 Å². The van der Waals surface area contributed by atoms with Gasteiger partial charge < -0.3 is 15.3 Å². The molecule has 1 rings (SSSR count). The second kappa shape index (κ2) is 6.02. The number of nitrogens with one attached hydrogen (secondary N) is 1. The average Bonchev–Trinajstić information content (AvgIpc) is 2.24. The molecule has 5 nitrogen and oxygen atoms in total. The summed E-state index contributed by atoms with van der Waals surface area (Å²) in [5.41, 5.74) is -0.673. The summed E-state index contributed by atoms with van der Waals surface area (Å²) in [6.07, 6.45) is 1.67. The first-order valence-corrected chi connectivity index (χ1v) is 6.01. The number of hydrogen-bond donors (Lipinski definition) is 2. The van der Waals surface area contributed by atoms with Gasteiger partial charge in [0.1, 0.15) is 0 Å². The van der Waals surface area contributed by atoms with Crippen molar-refractivity contribution in [1.82, 2.24) is 15.1 Å². The lowest BCUT2D eigenvalue weighted by Crippen LogP contribution is -2.54. The smallest absolute Gasteiger partial charge is 0.317 e. The van der Waals surface area contributed by atoms with E-state index in [0.29, 0.717) is 26.2 Å². The van der Waals surface area contributed by atoms with Gasteiger partial charge in [0.05, 0.1) is 5.60 Å². The Labute approximate surface area is 103 Å². The Morgan fingerprint density at radius 3 is 2.47 bits per heavy atom. The maximum absolute atomic E-state index is 11.6. The summed E-state index contributed by atoms with van der Waals surface area (Å²) in [7, 11) is 0. The molecule has 2 N–H and O–H groups in total. The van der Waals surface area contributed by atoms with Crippen molar-refractivity contribution in [3.63, 3.8) is 0 Å². The predicted octanol–water partition coefficient (Wildman–Crippen LogP) is 0.271. The van der Waals surface area contributed by atoms with Gasteiger partial charge in [-0.1, -0.05) is 6.08 Å². The van der Waals surface area contributed by atoms with E-state index < -0.39 is 5.60 Å². The van der Waals surface area contributed by atoms with Crippen molar-refractivity contribution in [2.75, 3.05) is 39.3 Å². The van der Waals surface area contributed by atoms with Crippen LogP contribution in [0.25, 0.3) is 0 Å². The molecule has 0 atom stereocenters. The van der Waals surface area contributed by atoms with Crippen molar-refractivity contribution in [1.29, 1.82) is 0 Å². The molecule has 1 fully saturated rings. The summed E-state index contributed by atoms with van der Waals surface area (Å²) in [6.45, 7) is 11.4. The highest BCUT2D eigenvalue weighted by molar-refractivity contribution is 5.74. The Bertz CT molecular complexity index is 265. The molecule has 0 saturated carbocycles. The molecule has 0 bridgehead atoms. The predicted molar refractivity (Wildman–Crippen MR) is 67.9 cm³/mol. The number of carbonyl (C=O) groups is 1. The minimum absolute atomic E-state index is 0.0344. The van der Waals surface area contributed by atoms with Crippen LogP contribution in [0.5, 0.6) is 0 Å². The monoisotopic (exact) mass is 241 g/mol. The van der Waals surface area contributed by atoms with E-state index in [2.05, 4.69) is 16.8 Å². The fourth-order valence-corrected chi connectivity index (χ4v) is 1.93. The fourth-order valence-electron chi connectivity index (χ4n) is 1.93. The number of rotatable bonds is 4. The van der Waals surface area contributed by atoms with Crippen molar-refractivity contribution in [3.8, 4) is 0 Å². The number of aliphatic hydroxyl groups is 1. The summed E-state index contributed by atoms with van der Waals surface area (Å²) in [5.74, 6) is 0. The maximum Gasteiger partial charge on any atom is 0.317 e. The van der Waals surface area contributed by atoms with Gasteiger partial charge >= 0.3 is 6.03 Å². The third-order valence-corrected chi connectivity index (χ3v) is 2.67. The first-order valence-electron chi connectivity index (χ1n) is 6.01. The molecular weight excluding hydrogens is 218 g/mol. The van der Waals surface area contributed by atoms with Crippen LogP contribution in [0.4, 0.5) is 4.79 Å². The number of carbonyl (C=O) groups excluding carboxylic acids is 1. The van der Waals surface area contributed by atoms with Gasteiger partial charge in [-0.25, -0.2) is 4.79 Å². The number of piperazine rings is 1. The van der Waals surface area contributed by atoms with Gasteiger partial charge in [0.15, 0.2) is 0 Å².